The molecule has 0 spiro atoms. The van der Waals surface area contributed by atoms with E-state index in [-0.39, 0.29) is 0 Å². The minimum absolute atomic E-state index is 0.528. The molecule has 1 saturated heterocycles. The van der Waals surface area contributed by atoms with Gasteiger partial charge in [-0.05, 0) is 58.2 Å². The average molecular weight is 321 g/mol. The lowest BCUT2D eigenvalue weighted by Gasteiger charge is -2.39. The molecule has 0 bridgehead atoms. The standard InChI is InChI=1S/C17H28N2.2C2H6/c1-4-5-7-16-15-8-6-9-19-11-14(15)10-13(2)17(16)12-18-3;2*1-2/h4-5,7,14-15,17-19H,2,6,8-12H2,1,3H3;2*1-2H3/b5-4-,16-7-;;. The number of allylic oxidation sites excluding steroid dienone is 3. The summed E-state index contributed by atoms with van der Waals surface area (Å²) in [4.78, 5) is 0. The molecule has 23 heavy (non-hydrogen) atoms. The molecule has 3 atom stereocenters. The van der Waals surface area contributed by atoms with Crippen LogP contribution >= 0.6 is 0 Å². The van der Waals surface area contributed by atoms with Gasteiger partial charge in [-0.3, -0.25) is 0 Å². The fraction of sp³-hybridized carbons (Fsp3) is 0.714. The van der Waals surface area contributed by atoms with E-state index < -0.39 is 0 Å². The highest BCUT2D eigenvalue weighted by Gasteiger charge is 2.36. The van der Waals surface area contributed by atoms with Crippen molar-refractivity contribution in [2.75, 3.05) is 26.7 Å². The number of rotatable bonds is 3. The second-order valence-corrected chi connectivity index (χ2v) is 5.88. The van der Waals surface area contributed by atoms with Crippen LogP contribution in [0.3, 0.4) is 0 Å². The van der Waals surface area contributed by atoms with Gasteiger partial charge in [0.1, 0.15) is 0 Å². The summed E-state index contributed by atoms with van der Waals surface area (Å²) >= 11 is 0. The van der Waals surface area contributed by atoms with E-state index in [1.807, 2.05) is 34.7 Å². The molecular weight excluding hydrogens is 280 g/mol. The lowest BCUT2D eigenvalue weighted by molar-refractivity contribution is 0.305. The quantitative estimate of drug-likeness (QED) is 0.719. The molecule has 2 N–H and O–H groups in total. The molecule has 0 aromatic heterocycles. The lowest BCUT2D eigenvalue weighted by Crippen LogP contribution is -2.36. The van der Waals surface area contributed by atoms with Gasteiger partial charge in [0.2, 0.25) is 0 Å². The lowest BCUT2D eigenvalue weighted by atomic mass is 9.67. The van der Waals surface area contributed by atoms with Crippen LogP contribution < -0.4 is 10.6 Å². The third kappa shape index (κ3) is 6.64. The normalized spacial score (nSPS) is 29.0. The molecule has 1 heterocycles. The van der Waals surface area contributed by atoms with E-state index in [1.165, 1.54) is 31.4 Å². The summed E-state index contributed by atoms with van der Waals surface area (Å²) in [6, 6.07) is 0. The molecule has 2 nitrogen and oxygen atoms in total. The van der Waals surface area contributed by atoms with Gasteiger partial charge in [-0.1, -0.05) is 63.6 Å². The van der Waals surface area contributed by atoms with Gasteiger partial charge < -0.3 is 10.6 Å². The fourth-order valence-corrected chi connectivity index (χ4v) is 3.65. The van der Waals surface area contributed by atoms with Gasteiger partial charge >= 0.3 is 0 Å². The summed E-state index contributed by atoms with van der Waals surface area (Å²) in [6.45, 7) is 17.8. The minimum Gasteiger partial charge on any atom is -0.319 e. The van der Waals surface area contributed by atoms with Crippen molar-refractivity contribution in [3.05, 3.63) is 36.0 Å². The van der Waals surface area contributed by atoms with Gasteiger partial charge in [-0.25, -0.2) is 0 Å². The summed E-state index contributed by atoms with van der Waals surface area (Å²) < 4.78 is 0. The molecule has 1 saturated carbocycles. The van der Waals surface area contributed by atoms with E-state index in [4.69, 9.17) is 0 Å². The molecule has 2 heteroatoms. The Labute approximate surface area is 145 Å². The molecule has 2 fully saturated rings. The van der Waals surface area contributed by atoms with Crippen molar-refractivity contribution in [2.45, 2.75) is 53.9 Å². The van der Waals surface area contributed by atoms with Gasteiger partial charge in [0.15, 0.2) is 0 Å². The molecule has 0 amide bonds. The molecule has 2 aliphatic rings. The Morgan fingerprint density at radius 2 is 1.96 bits per heavy atom. The Hall–Kier alpha value is -0.860. The molecule has 134 valence electrons. The van der Waals surface area contributed by atoms with Crippen LogP contribution in [0.15, 0.2) is 36.0 Å². The van der Waals surface area contributed by atoms with Gasteiger partial charge in [0.05, 0.1) is 0 Å². The molecule has 0 radical (unpaired) electrons. The van der Waals surface area contributed by atoms with Crippen LogP contribution in [0.1, 0.15) is 53.9 Å². The third-order valence-electron chi connectivity index (χ3n) is 4.58. The zero-order chi connectivity index (χ0) is 17.7. The Kier molecular flexibility index (Phi) is 13.1. The van der Waals surface area contributed by atoms with Crippen molar-refractivity contribution in [3.63, 3.8) is 0 Å². The van der Waals surface area contributed by atoms with Gasteiger partial charge in [-0.2, -0.15) is 0 Å². The molecule has 0 aromatic carbocycles. The van der Waals surface area contributed by atoms with E-state index in [0.29, 0.717) is 5.92 Å². The van der Waals surface area contributed by atoms with Crippen molar-refractivity contribution >= 4 is 0 Å². The van der Waals surface area contributed by atoms with Crippen molar-refractivity contribution in [3.8, 4) is 0 Å². The van der Waals surface area contributed by atoms with Crippen molar-refractivity contribution in [1.82, 2.24) is 10.6 Å². The van der Waals surface area contributed by atoms with Crippen LogP contribution in [0, 0.1) is 17.8 Å². The Morgan fingerprint density at radius 3 is 2.57 bits per heavy atom. The predicted octanol–water partition coefficient (Wildman–Crippen LogP) is 4.95. The first-order valence-electron chi connectivity index (χ1n) is 9.63. The van der Waals surface area contributed by atoms with Crippen molar-refractivity contribution in [2.24, 2.45) is 17.8 Å². The summed E-state index contributed by atoms with van der Waals surface area (Å²) in [5, 5.41) is 6.93. The van der Waals surface area contributed by atoms with Crippen LogP contribution in [-0.4, -0.2) is 26.7 Å². The monoisotopic (exact) mass is 320 g/mol. The maximum atomic E-state index is 4.36. The summed E-state index contributed by atoms with van der Waals surface area (Å²) in [5.41, 5.74) is 3.02. The van der Waals surface area contributed by atoms with Crippen LogP contribution in [-0.2, 0) is 0 Å². The Morgan fingerprint density at radius 1 is 1.26 bits per heavy atom. The molecule has 3 unspecified atom stereocenters. The topological polar surface area (TPSA) is 24.1 Å². The summed E-state index contributed by atoms with van der Waals surface area (Å²) in [5.74, 6) is 2.02. The van der Waals surface area contributed by atoms with E-state index in [2.05, 4.69) is 42.4 Å². The first-order valence-corrected chi connectivity index (χ1v) is 9.63. The van der Waals surface area contributed by atoms with Crippen LogP contribution in [0.4, 0.5) is 0 Å². The van der Waals surface area contributed by atoms with Crippen molar-refractivity contribution < 1.29 is 0 Å². The first kappa shape index (κ1) is 22.1. The fourth-order valence-electron chi connectivity index (χ4n) is 3.65. The van der Waals surface area contributed by atoms with Crippen LogP contribution in [0.2, 0.25) is 0 Å². The minimum atomic E-state index is 0.528. The highest BCUT2D eigenvalue weighted by molar-refractivity contribution is 5.31. The van der Waals surface area contributed by atoms with E-state index in [9.17, 15) is 0 Å². The average Bonchev–Trinajstić information content (AvgIpc) is 2.83. The third-order valence-corrected chi connectivity index (χ3v) is 4.58. The largest absolute Gasteiger partial charge is 0.319 e. The van der Waals surface area contributed by atoms with E-state index in [1.54, 1.807) is 5.57 Å². The number of hydrogen-bond donors (Lipinski definition) is 2. The highest BCUT2D eigenvalue weighted by Crippen LogP contribution is 2.43. The second-order valence-electron chi connectivity index (χ2n) is 5.88. The maximum absolute atomic E-state index is 4.36. The van der Waals surface area contributed by atoms with Crippen LogP contribution in [0.5, 0.6) is 0 Å². The zero-order valence-electron chi connectivity index (χ0n) is 16.4. The smallest absolute Gasteiger partial charge is 0.0135 e. The van der Waals surface area contributed by atoms with E-state index >= 15 is 0 Å². The maximum Gasteiger partial charge on any atom is 0.0135 e. The molecule has 1 aliphatic carbocycles. The van der Waals surface area contributed by atoms with Crippen LogP contribution in [0.25, 0.3) is 0 Å². The Balaban J connectivity index is 0.00000112. The van der Waals surface area contributed by atoms with Gasteiger partial charge in [0.25, 0.3) is 0 Å². The Bertz CT molecular complexity index is 368. The summed E-state index contributed by atoms with van der Waals surface area (Å²) in [7, 11) is 2.04. The SMILES string of the molecule is C=C1CC2CNCCCC2/C(=C/C=C\C)C1CNC.CC.CC. The molecule has 2 rings (SSSR count). The zero-order valence-corrected chi connectivity index (χ0v) is 16.4. The highest BCUT2D eigenvalue weighted by atomic mass is 14.9. The number of nitrogens with one attached hydrogen (secondary N) is 2. The molecule has 0 aromatic rings. The van der Waals surface area contributed by atoms with E-state index in [0.717, 1.165) is 24.9 Å². The first-order chi connectivity index (χ1) is 11.3. The van der Waals surface area contributed by atoms with Gasteiger partial charge in [0, 0.05) is 12.5 Å². The van der Waals surface area contributed by atoms with Gasteiger partial charge in [-0.15, -0.1) is 0 Å². The van der Waals surface area contributed by atoms with Crippen molar-refractivity contribution in [1.29, 1.82) is 0 Å². The number of hydrogen-bond acceptors (Lipinski definition) is 2. The number of fused-ring (bicyclic) bond motifs is 1. The predicted molar refractivity (Wildman–Crippen MR) is 106 cm³/mol. The summed E-state index contributed by atoms with van der Waals surface area (Å²) in [6.07, 6.45) is 10.5. The second kappa shape index (κ2) is 13.6. The molecule has 1 aliphatic heterocycles. The molecular formula is C21H40N2.